The first-order valence-corrected chi connectivity index (χ1v) is 12.1. The van der Waals surface area contributed by atoms with Gasteiger partial charge in [-0.25, -0.2) is 4.79 Å². The van der Waals surface area contributed by atoms with Gasteiger partial charge in [0, 0.05) is 32.1 Å². The average Bonchev–Trinajstić information content (AvgIpc) is 3.44. The van der Waals surface area contributed by atoms with Gasteiger partial charge in [-0.15, -0.1) is 0 Å². The van der Waals surface area contributed by atoms with Crippen molar-refractivity contribution in [2.75, 3.05) is 46.9 Å². The summed E-state index contributed by atoms with van der Waals surface area (Å²) in [5.74, 6) is 2.36. The van der Waals surface area contributed by atoms with E-state index in [1.54, 1.807) is 7.11 Å². The Morgan fingerprint density at radius 1 is 1.19 bits per heavy atom. The number of nitrogens with one attached hydrogen (secondary N) is 1. The number of carbonyl (C=O) groups excluding carboxylic acids is 1. The second kappa shape index (κ2) is 12.8. The summed E-state index contributed by atoms with van der Waals surface area (Å²) in [6, 6.07) is 6.31. The predicted molar refractivity (Wildman–Crippen MR) is 127 cm³/mol. The van der Waals surface area contributed by atoms with Gasteiger partial charge in [-0.1, -0.05) is 33.8 Å². The van der Waals surface area contributed by atoms with Crippen LogP contribution in [0.3, 0.4) is 0 Å². The maximum absolute atomic E-state index is 12.6. The Bertz CT molecular complexity index is 676. The summed E-state index contributed by atoms with van der Waals surface area (Å²) in [4.78, 5) is 16.7. The smallest absolute Gasteiger partial charge is 0.317 e. The Hall–Kier alpha value is -1.95. The molecule has 6 heteroatoms. The zero-order chi connectivity index (χ0) is 22.8. The molecule has 2 amide bonds. The van der Waals surface area contributed by atoms with Crippen LogP contribution in [0.5, 0.6) is 11.5 Å². The molecule has 1 aromatic carbocycles. The maximum atomic E-state index is 12.6. The molecule has 1 aromatic rings. The number of ether oxygens (including phenoxy) is 2. The van der Waals surface area contributed by atoms with E-state index in [2.05, 4.69) is 43.2 Å². The molecule has 6 nitrogen and oxygen atoms in total. The van der Waals surface area contributed by atoms with E-state index in [0.29, 0.717) is 24.5 Å². The van der Waals surface area contributed by atoms with Gasteiger partial charge in [-0.2, -0.15) is 0 Å². The first-order valence-electron chi connectivity index (χ1n) is 12.1. The van der Waals surface area contributed by atoms with Crippen LogP contribution in [0.25, 0.3) is 0 Å². The molecule has 176 valence electrons. The lowest BCUT2D eigenvalue weighted by atomic mass is 9.90. The van der Waals surface area contributed by atoms with E-state index >= 15 is 0 Å². The molecule has 31 heavy (non-hydrogen) atoms. The zero-order valence-electron chi connectivity index (χ0n) is 20.4. The fraction of sp³-hybridized carbons (Fsp3) is 0.720. The number of nitrogens with zero attached hydrogens (tertiary/aromatic N) is 2. The highest BCUT2D eigenvalue weighted by molar-refractivity contribution is 5.74. The lowest BCUT2D eigenvalue weighted by molar-refractivity contribution is 0.200. The van der Waals surface area contributed by atoms with E-state index in [0.717, 1.165) is 50.5 Å². The Balaban J connectivity index is 0.00000166. The van der Waals surface area contributed by atoms with Gasteiger partial charge in [-0.05, 0) is 62.9 Å². The lowest BCUT2D eigenvalue weighted by Gasteiger charge is -2.21. The van der Waals surface area contributed by atoms with Crippen LogP contribution in [0.4, 0.5) is 4.79 Å². The molecule has 3 rings (SSSR count). The number of hydrogen-bond acceptors (Lipinski definition) is 4. The quantitative estimate of drug-likeness (QED) is 0.643. The first kappa shape index (κ1) is 25.3. The van der Waals surface area contributed by atoms with Crippen molar-refractivity contribution in [3.05, 3.63) is 23.8 Å². The van der Waals surface area contributed by atoms with Crippen molar-refractivity contribution >= 4 is 6.03 Å². The van der Waals surface area contributed by atoms with Crippen LogP contribution >= 0.6 is 0 Å². The SMILES string of the molecule is CC.CCN(C)CCNC(=O)N1C[C@H](C)[C@H](c2ccc(OC)c(OC3CCCC3)c2)C1. The highest BCUT2D eigenvalue weighted by Crippen LogP contribution is 2.38. The van der Waals surface area contributed by atoms with Crippen molar-refractivity contribution in [3.63, 3.8) is 0 Å². The molecule has 0 aromatic heterocycles. The van der Waals surface area contributed by atoms with Crippen molar-refractivity contribution in [2.24, 2.45) is 5.92 Å². The molecule has 1 heterocycles. The van der Waals surface area contributed by atoms with Crippen LogP contribution in [0.15, 0.2) is 18.2 Å². The van der Waals surface area contributed by atoms with Crippen molar-refractivity contribution in [2.45, 2.75) is 65.4 Å². The second-order valence-electron chi connectivity index (χ2n) is 8.55. The number of methoxy groups -OCH3 is 1. The molecule has 1 N–H and O–H groups in total. The molecule has 1 saturated carbocycles. The standard InChI is InChI=1S/C23H37N3O3.C2H6/c1-5-25(3)13-12-24-23(27)26-15-17(2)20(16-26)18-10-11-21(28-4)22(14-18)29-19-8-6-7-9-19;1-2/h10-11,14,17,19-20H,5-9,12-13,15-16H2,1-4H3,(H,24,27);1-2H3/t17-,20+;/m0./s1. The Kier molecular flexibility index (Phi) is 10.4. The third kappa shape index (κ3) is 7.03. The van der Waals surface area contributed by atoms with Gasteiger partial charge in [0.05, 0.1) is 13.2 Å². The lowest BCUT2D eigenvalue weighted by Crippen LogP contribution is -2.41. The van der Waals surface area contributed by atoms with Crippen LogP contribution in [0, 0.1) is 5.92 Å². The molecule has 0 spiro atoms. The van der Waals surface area contributed by atoms with Crippen LogP contribution in [0.1, 0.15) is 64.9 Å². The van der Waals surface area contributed by atoms with E-state index in [-0.39, 0.29) is 6.03 Å². The number of likely N-dealkylation sites (tertiary alicyclic amines) is 1. The van der Waals surface area contributed by atoms with Crippen molar-refractivity contribution in [3.8, 4) is 11.5 Å². The minimum atomic E-state index is 0.0415. The topological polar surface area (TPSA) is 54.0 Å². The molecular formula is C25H43N3O3. The first-order chi connectivity index (χ1) is 15.0. The number of carbonyl (C=O) groups is 1. The van der Waals surface area contributed by atoms with Gasteiger partial charge in [0.2, 0.25) is 0 Å². The molecular weight excluding hydrogens is 390 g/mol. The van der Waals surface area contributed by atoms with Crippen molar-refractivity contribution in [1.29, 1.82) is 0 Å². The summed E-state index contributed by atoms with van der Waals surface area (Å²) in [6.45, 7) is 12.4. The summed E-state index contributed by atoms with van der Waals surface area (Å²) in [5.41, 5.74) is 1.23. The van der Waals surface area contributed by atoms with Gasteiger partial charge < -0.3 is 24.6 Å². The summed E-state index contributed by atoms with van der Waals surface area (Å²) < 4.78 is 11.8. The van der Waals surface area contributed by atoms with Crippen LogP contribution in [-0.2, 0) is 0 Å². The van der Waals surface area contributed by atoms with Crippen molar-refractivity contribution in [1.82, 2.24) is 15.1 Å². The summed E-state index contributed by atoms with van der Waals surface area (Å²) >= 11 is 0. The van der Waals surface area contributed by atoms with E-state index in [9.17, 15) is 4.79 Å². The number of rotatable bonds is 8. The third-order valence-corrected chi connectivity index (χ3v) is 6.42. The Morgan fingerprint density at radius 2 is 1.90 bits per heavy atom. The highest BCUT2D eigenvalue weighted by atomic mass is 16.5. The Morgan fingerprint density at radius 3 is 2.55 bits per heavy atom. The maximum Gasteiger partial charge on any atom is 0.317 e. The van der Waals surface area contributed by atoms with Gasteiger partial charge in [0.15, 0.2) is 11.5 Å². The highest BCUT2D eigenvalue weighted by Gasteiger charge is 2.34. The molecule has 0 unspecified atom stereocenters. The normalized spacial score (nSPS) is 21.1. The largest absolute Gasteiger partial charge is 0.493 e. The van der Waals surface area contributed by atoms with Crippen LogP contribution in [-0.4, -0.2) is 68.8 Å². The predicted octanol–water partition coefficient (Wildman–Crippen LogP) is 4.74. The second-order valence-corrected chi connectivity index (χ2v) is 8.55. The third-order valence-electron chi connectivity index (χ3n) is 6.42. The minimum Gasteiger partial charge on any atom is -0.493 e. The average molecular weight is 434 g/mol. The molecule has 1 aliphatic heterocycles. The number of amides is 2. The van der Waals surface area contributed by atoms with E-state index in [1.807, 2.05) is 24.8 Å². The molecule has 1 saturated heterocycles. The summed E-state index contributed by atoms with van der Waals surface area (Å²) in [7, 11) is 3.76. The molecule has 2 atom stereocenters. The fourth-order valence-corrected chi connectivity index (χ4v) is 4.39. The van der Waals surface area contributed by atoms with Gasteiger partial charge in [0.25, 0.3) is 0 Å². The van der Waals surface area contributed by atoms with E-state index in [1.165, 1.54) is 18.4 Å². The molecule has 1 aliphatic carbocycles. The molecule has 2 aliphatic rings. The number of benzene rings is 1. The molecule has 0 radical (unpaired) electrons. The molecule has 2 fully saturated rings. The van der Waals surface area contributed by atoms with E-state index < -0.39 is 0 Å². The van der Waals surface area contributed by atoms with Gasteiger partial charge >= 0.3 is 6.03 Å². The van der Waals surface area contributed by atoms with Crippen LogP contribution < -0.4 is 14.8 Å². The van der Waals surface area contributed by atoms with E-state index in [4.69, 9.17) is 9.47 Å². The monoisotopic (exact) mass is 433 g/mol. The van der Waals surface area contributed by atoms with Crippen molar-refractivity contribution < 1.29 is 14.3 Å². The number of hydrogen-bond donors (Lipinski definition) is 1. The fourth-order valence-electron chi connectivity index (χ4n) is 4.39. The zero-order valence-corrected chi connectivity index (χ0v) is 20.4. The molecule has 0 bridgehead atoms. The summed E-state index contributed by atoms with van der Waals surface area (Å²) in [5, 5.41) is 3.06. The van der Waals surface area contributed by atoms with Gasteiger partial charge in [-0.3, -0.25) is 0 Å². The minimum absolute atomic E-state index is 0.0415. The van der Waals surface area contributed by atoms with Gasteiger partial charge in [0.1, 0.15) is 0 Å². The summed E-state index contributed by atoms with van der Waals surface area (Å²) in [6.07, 6.45) is 5.01. The number of urea groups is 1. The van der Waals surface area contributed by atoms with Crippen LogP contribution in [0.2, 0.25) is 0 Å². The Labute approximate surface area is 189 Å². The number of likely N-dealkylation sites (N-methyl/N-ethyl adjacent to an activating group) is 1.